The van der Waals surface area contributed by atoms with Gasteiger partial charge in [-0.1, -0.05) is 61.5 Å². The monoisotopic (exact) mass is 470 g/mol. The molecule has 0 aliphatic carbocycles. The van der Waals surface area contributed by atoms with E-state index in [9.17, 15) is 9.90 Å². The molecule has 1 aliphatic heterocycles. The minimum absolute atomic E-state index is 0.0759. The Hall–Kier alpha value is -1.82. The molecule has 3 rings (SSSR count). The van der Waals surface area contributed by atoms with Crippen LogP contribution in [0.1, 0.15) is 53.0 Å². The van der Waals surface area contributed by atoms with E-state index in [1.54, 1.807) is 11.8 Å². The normalized spacial score (nSPS) is 14.5. The Morgan fingerprint density at radius 2 is 1.61 bits per heavy atom. The van der Waals surface area contributed by atoms with Crippen LogP contribution in [-0.4, -0.2) is 63.7 Å². The first-order valence-electron chi connectivity index (χ1n) is 12.3. The van der Waals surface area contributed by atoms with Gasteiger partial charge in [0.2, 0.25) is 5.91 Å². The smallest absolute Gasteiger partial charge is 0.225 e. The van der Waals surface area contributed by atoms with Crippen LogP contribution in [0.2, 0.25) is 0 Å². The number of hydrogen-bond acceptors (Lipinski definition) is 4. The van der Waals surface area contributed by atoms with Gasteiger partial charge in [0.05, 0.1) is 18.4 Å². The number of thioether (sulfide) groups is 1. The maximum Gasteiger partial charge on any atom is 0.225 e. The lowest BCUT2D eigenvalue weighted by atomic mass is 10.0. The van der Waals surface area contributed by atoms with Crippen molar-refractivity contribution < 1.29 is 9.90 Å². The van der Waals surface area contributed by atoms with E-state index in [2.05, 4.69) is 75.9 Å². The molecule has 0 bridgehead atoms. The minimum atomic E-state index is -0.558. The highest BCUT2D eigenvalue weighted by molar-refractivity contribution is 7.99. The quantitative estimate of drug-likeness (QED) is 0.511. The van der Waals surface area contributed by atoms with Gasteiger partial charge >= 0.3 is 0 Å². The number of amides is 1. The van der Waals surface area contributed by atoms with Crippen LogP contribution in [0.4, 0.5) is 0 Å². The number of aryl methyl sites for hydroxylation is 1. The summed E-state index contributed by atoms with van der Waals surface area (Å²) in [5.74, 6) is 1.86. The van der Waals surface area contributed by atoms with E-state index in [-0.39, 0.29) is 12.3 Å². The summed E-state index contributed by atoms with van der Waals surface area (Å²) in [6, 6.07) is 20.1. The fraction of sp³-hybridized carbons (Fsp3) is 0.536. The Morgan fingerprint density at radius 1 is 1.00 bits per heavy atom. The Labute approximate surface area is 205 Å². The van der Waals surface area contributed by atoms with Gasteiger partial charge in [0, 0.05) is 24.4 Å². The lowest BCUT2D eigenvalue weighted by Crippen LogP contribution is -2.36. The number of carbonyl (C=O) groups is 1. The molecule has 0 saturated carbocycles. The summed E-state index contributed by atoms with van der Waals surface area (Å²) in [5.41, 5.74) is 3.60. The molecule has 2 aromatic carbocycles. The first kappa shape index (κ1) is 27.4. The second kappa shape index (κ2) is 14.4. The number of aliphatic hydroxyl groups is 1. The van der Waals surface area contributed by atoms with E-state index in [0.29, 0.717) is 18.5 Å². The van der Waals surface area contributed by atoms with Crippen molar-refractivity contribution in [3.05, 3.63) is 60.2 Å². The number of aliphatic hydroxyl groups excluding tert-OH is 1. The largest absolute Gasteiger partial charge is 0.393 e. The van der Waals surface area contributed by atoms with Gasteiger partial charge in [0.15, 0.2) is 0 Å². The van der Waals surface area contributed by atoms with E-state index < -0.39 is 6.10 Å². The van der Waals surface area contributed by atoms with E-state index >= 15 is 0 Å². The average Bonchev–Trinajstić information content (AvgIpc) is 3.34. The van der Waals surface area contributed by atoms with E-state index in [0.717, 1.165) is 31.1 Å². The second-order valence-electron chi connectivity index (χ2n) is 9.17. The number of carbonyl (C=O) groups excluding carboxylic acids is 1. The third kappa shape index (κ3) is 9.52. The lowest BCUT2D eigenvalue weighted by Gasteiger charge is -2.28. The molecule has 1 amide bonds. The number of nitrogens with zero attached hydrogens (tertiary/aromatic N) is 2. The lowest BCUT2D eigenvalue weighted by molar-refractivity contribution is -0.131. The van der Waals surface area contributed by atoms with Gasteiger partial charge in [-0.3, -0.25) is 9.69 Å². The van der Waals surface area contributed by atoms with E-state index in [1.165, 1.54) is 16.7 Å². The molecular weight excluding hydrogens is 428 g/mol. The summed E-state index contributed by atoms with van der Waals surface area (Å²) in [4.78, 5) is 16.3. The van der Waals surface area contributed by atoms with Gasteiger partial charge in [-0.15, -0.1) is 11.8 Å². The molecule has 1 unspecified atom stereocenters. The summed E-state index contributed by atoms with van der Waals surface area (Å²) < 4.78 is 0. The maximum atomic E-state index is 12.0. The fourth-order valence-corrected chi connectivity index (χ4v) is 5.17. The number of benzene rings is 2. The van der Waals surface area contributed by atoms with Gasteiger partial charge in [-0.2, -0.15) is 0 Å². The Bertz CT molecular complexity index is 794. The van der Waals surface area contributed by atoms with E-state index in [1.807, 2.05) is 23.1 Å². The van der Waals surface area contributed by atoms with Gasteiger partial charge in [-0.25, -0.2) is 0 Å². The van der Waals surface area contributed by atoms with Crippen LogP contribution in [0.5, 0.6) is 0 Å². The maximum absolute atomic E-state index is 12.0. The zero-order valence-corrected chi connectivity index (χ0v) is 21.9. The van der Waals surface area contributed by atoms with Crippen LogP contribution in [0.3, 0.4) is 0 Å². The van der Waals surface area contributed by atoms with Crippen LogP contribution in [0.15, 0.2) is 54.6 Å². The molecule has 1 N–H and O–H groups in total. The first-order valence-corrected chi connectivity index (χ1v) is 13.4. The molecule has 1 saturated heterocycles. The third-order valence-corrected chi connectivity index (χ3v) is 7.00. The molecule has 1 aliphatic rings. The predicted octanol–water partition coefficient (Wildman–Crippen LogP) is 5.70. The van der Waals surface area contributed by atoms with Gasteiger partial charge in [-0.05, 0) is 63.8 Å². The van der Waals surface area contributed by atoms with Crippen molar-refractivity contribution in [1.82, 2.24) is 9.80 Å². The molecule has 1 atom stereocenters. The summed E-state index contributed by atoms with van der Waals surface area (Å²) in [5, 5.41) is 10.1. The summed E-state index contributed by atoms with van der Waals surface area (Å²) in [7, 11) is 0. The molecule has 2 aromatic rings. The van der Waals surface area contributed by atoms with Gasteiger partial charge in [0.1, 0.15) is 0 Å². The van der Waals surface area contributed by atoms with Gasteiger partial charge in [0.25, 0.3) is 0 Å². The standard InChI is InChI=1S/C20H23NO2S.C8H19N/c22-19(14-20(23)21-12-13-24-15-21)11-8-16-6-9-18(10-7-16)17-4-2-1-3-5-17;1-6-9(7(2)3)8(4)5/h1-7,9-10,19,22H,8,11-15H2;7-8H,6H2,1-5H3. The molecule has 0 radical (unpaired) electrons. The number of hydrogen-bond donors (Lipinski definition) is 1. The third-order valence-electron chi connectivity index (χ3n) is 6.03. The van der Waals surface area contributed by atoms with Crippen molar-refractivity contribution >= 4 is 17.7 Å². The number of rotatable bonds is 9. The van der Waals surface area contributed by atoms with Crippen LogP contribution in [0, 0.1) is 0 Å². The molecule has 4 nitrogen and oxygen atoms in total. The van der Waals surface area contributed by atoms with Crippen molar-refractivity contribution in [2.45, 2.75) is 72.1 Å². The van der Waals surface area contributed by atoms with Crippen LogP contribution >= 0.6 is 11.8 Å². The molecule has 0 spiro atoms. The van der Waals surface area contributed by atoms with E-state index in [4.69, 9.17) is 0 Å². The molecular formula is C28H42N2O2S. The Morgan fingerprint density at radius 3 is 2.09 bits per heavy atom. The zero-order valence-electron chi connectivity index (χ0n) is 21.0. The molecule has 5 heteroatoms. The van der Waals surface area contributed by atoms with Crippen molar-refractivity contribution in [1.29, 1.82) is 0 Å². The van der Waals surface area contributed by atoms with Crippen molar-refractivity contribution in [2.75, 3.05) is 24.7 Å². The van der Waals surface area contributed by atoms with Crippen LogP contribution < -0.4 is 0 Å². The van der Waals surface area contributed by atoms with Gasteiger partial charge < -0.3 is 10.0 Å². The zero-order chi connectivity index (χ0) is 24.2. The molecule has 1 fully saturated rings. The SMILES string of the molecule is CCN(C(C)C)C(C)C.O=C(CC(O)CCc1ccc(-c2ccccc2)cc1)N1CCSC1. The predicted molar refractivity (Wildman–Crippen MR) is 143 cm³/mol. The summed E-state index contributed by atoms with van der Waals surface area (Å²) in [6.45, 7) is 13.1. The summed E-state index contributed by atoms with van der Waals surface area (Å²) >= 11 is 1.77. The van der Waals surface area contributed by atoms with Crippen molar-refractivity contribution in [3.63, 3.8) is 0 Å². The van der Waals surface area contributed by atoms with Crippen molar-refractivity contribution in [2.24, 2.45) is 0 Å². The van der Waals surface area contributed by atoms with Crippen LogP contribution in [0.25, 0.3) is 11.1 Å². The first-order chi connectivity index (χ1) is 15.8. The summed E-state index contributed by atoms with van der Waals surface area (Å²) in [6.07, 6.45) is 1.09. The minimum Gasteiger partial charge on any atom is -0.393 e. The van der Waals surface area contributed by atoms with Crippen LogP contribution in [-0.2, 0) is 11.2 Å². The highest BCUT2D eigenvalue weighted by Gasteiger charge is 2.20. The topological polar surface area (TPSA) is 43.8 Å². The average molecular weight is 471 g/mol. The Balaban J connectivity index is 0.000000365. The van der Waals surface area contributed by atoms with Crippen molar-refractivity contribution in [3.8, 4) is 11.1 Å². The second-order valence-corrected chi connectivity index (χ2v) is 10.2. The molecule has 182 valence electrons. The molecule has 1 heterocycles. The highest BCUT2D eigenvalue weighted by atomic mass is 32.2. The fourth-order valence-electron chi connectivity index (χ4n) is 4.20. The Kier molecular flexibility index (Phi) is 12.0. The molecule has 33 heavy (non-hydrogen) atoms. The highest BCUT2D eigenvalue weighted by Crippen LogP contribution is 2.20. The molecule has 0 aromatic heterocycles.